The zero-order chi connectivity index (χ0) is 9.97. The molecule has 0 amide bonds. The molecule has 0 fully saturated rings. The van der Waals surface area contributed by atoms with Gasteiger partial charge in [-0.25, -0.2) is 4.98 Å². The molecule has 0 radical (unpaired) electrons. The molecule has 0 atom stereocenters. The third kappa shape index (κ3) is 1.93. The Morgan fingerprint density at radius 1 is 0.929 bits per heavy atom. The molecule has 2 rings (SSSR count). The van der Waals surface area contributed by atoms with Crippen LogP contribution in [0.25, 0.3) is 11.1 Å². The van der Waals surface area contributed by atoms with Gasteiger partial charge in [-0.3, -0.25) is 0 Å². The number of aromatic nitrogens is 1. The van der Waals surface area contributed by atoms with E-state index in [0.717, 1.165) is 16.0 Å². The monoisotopic (exact) mass is 205 g/mol. The summed E-state index contributed by atoms with van der Waals surface area (Å²) >= 11 is 4.18. The minimum atomic E-state index is -0.459. The van der Waals surface area contributed by atoms with Crippen LogP contribution in [0.2, 0.25) is 0 Å². The van der Waals surface area contributed by atoms with Gasteiger partial charge in [0.2, 0.25) is 5.95 Å². The molecule has 1 heterocycles. The van der Waals surface area contributed by atoms with Gasteiger partial charge in [-0.2, -0.15) is 4.39 Å². The molecule has 1 aromatic carbocycles. The van der Waals surface area contributed by atoms with Gasteiger partial charge in [0, 0.05) is 16.7 Å². The largest absolute Gasteiger partial charge is 0.228 e. The molecule has 1 aromatic heterocycles. The first kappa shape index (κ1) is 9.21. The van der Waals surface area contributed by atoms with Gasteiger partial charge in [-0.15, -0.1) is 12.6 Å². The number of rotatable bonds is 1. The van der Waals surface area contributed by atoms with Crippen LogP contribution in [0.4, 0.5) is 4.39 Å². The molecule has 0 spiro atoms. The molecule has 0 N–H and O–H groups in total. The lowest BCUT2D eigenvalue weighted by Gasteiger charge is -2.00. The molecule has 3 heteroatoms. The maximum atomic E-state index is 12.5. The topological polar surface area (TPSA) is 12.9 Å². The van der Waals surface area contributed by atoms with Gasteiger partial charge in [0.05, 0.1) is 0 Å². The second-order valence-electron chi connectivity index (χ2n) is 2.92. The smallest absolute Gasteiger partial charge is 0.212 e. The summed E-state index contributed by atoms with van der Waals surface area (Å²) in [6.07, 6.45) is 1.52. The van der Waals surface area contributed by atoms with Gasteiger partial charge in [0.1, 0.15) is 0 Å². The molecule has 0 aliphatic carbocycles. The van der Waals surface area contributed by atoms with E-state index in [9.17, 15) is 4.39 Å². The van der Waals surface area contributed by atoms with Crippen molar-refractivity contribution >= 4 is 12.6 Å². The molecule has 14 heavy (non-hydrogen) atoms. The lowest BCUT2D eigenvalue weighted by Crippen LogP contribution is -1.83. The molecule has 1 nitrogen and oxygen atoms in total. The van der Waals surface area contributed by atoms with Crippen molar-refractivity contribution in [2.75, 3.05) is 0 Å². The van der Waals surface area contributed by atoms with Crippen LogP contribution in [0.5, 0.6) is 0 Å². The van der Waals surface area contributed by atoms with Gasteiger partial charge in [0.15, 0.2) is 0 Å². The molecular formula is C11H8FNS. The average molecular weight is 205 g/mol. The molecule has 70 valence electrons. The molecule has 0 saturated carbocycles. The second kappa shape index (κ2) is 3.80. The highest BCUT2D eigenvalue weighted by Gasteiger charge is 1.97. The third-order valence-corrected chi connectivity index (χ3v) is 2.23. The van der Waals surface area contributed by atoms with Crippen molar-refractivity contribution in [1.29, 1.82) is 0 Å². The quantitative estimate of drug-likeness (QED) is 0.557. The van der Waals surface area contributed by atoms with E-state index in [0.29, 0.717) is 0 Å². The van der Waals surface area contributed by atoms with Crippen molar-refractivity contribution in [2.45, 2.75) is 4.90 Å². The van der Waals surface area contributed by atoms with Crippen molar-refractivity contribution in [3.8, 4) is 11.1 Å². The molecule has 0 aliphatic rings. The Hall–Kier alpha value is -1.35. The molecule has 0 saturated heterocycles. The standard InChI is InChI=1S/C11H8FNS/c12-11-6-3-9(7-13-11)8-1-4-10(14)5-2-8/h1-7,14H. The van der Waals surface area contributed by atoms with Gasteiger partial charge < -0.3 is 0 Å². The number of halogens is 1. The first-order valence-electron chi connectivity index (χ1n) is 4.17. The number of pyridine rings is 1. The van der Waals surface area contributed by atoms with Crippen LogP contribution >= 0.6 is 12.6 Å². The summed E-state index contributed by atoms with van der Waals surface area (Å²) in [5.74, 6) is -0.459. The highest BCUT2D eigenvalue weighted by Crippen LogP contribution is 2.19. The summed E-state index contributed by atoms with van der Waals surface area (Å²) in [6.45, 7) is 0. The Bertz CT molecular complexity index is 379. The normalized spacial score (nSPS) is 10.1. The Morgan fingerprint density at radius 3 is 2.14 bits per heavy atom. The fourth-order valence-corrected chi connectivity index (χ4v) is 1.35. The Labute approximate surface area is 87.0 Å². The number of nitrogens with zero attached hydrogens (tertiary/aromatic N) is 1. The SMILES string of the molecule is Fc1ccc(-c2ccc(S)cc2)cn1. The number of benzene rings is 1. The summed E-state index contributed by atoms with van der Waals surface area (Å²) < 4.78 is 12.5. The minimum Gasteiger partial charge on any atom is -0.228 e. The maximum absolute atomic E-state index is 12.5. The van der Waals surface area contributed by atoms with Gasteiger partial charge >= 0.3 is 0 Å². The van der Waals surface area contributed by atoms with Crippen LogP contribution in [0.1, 0.15) is 0 Å². The average Bonchev–Trinajstić information content (AvgIpc) is 2.21. The Morgan fingerprint density at radius 2 is 1.57 bits per heavy atom. The lowest BCUT2D eigenvalue weighted by atomic mass is 10.1. The summed E-state index contributed by atoms with van der Waals surface area (Å²) in [4.78, 5) is 4.50. The van der Waals surface area contributed by atoms with Crippen LogP contribution in [-0.4, -0.2) is 4.98 Å². The predicted molar refractivity (Wildman–Crippen MR) is 56.9 cm³/mol. The molecule has 0 unspecified atom stereocenters. The minimum absolute atomic E-state index is 0.459. The summed E-state index contributed by atoms with van der Waals surface area (Å²) in [6, 6.07) is 10.7. The van der Waals surface area contributed by atoms with Gasteiger partial charge in [-0.05, 0) is 29.8 Å². The van der Waals surface area contributed by atoms with Crippen molar-refractivity contribution in [2.24, 2.45) is 0 Å². The molecule has 0 bridgehead atoms. The molecule has 2 aromatic rings. The van der Waals surface area contributed by atoms with E-state index < -0.39 is 5.95 Å². The van der Waals surface area contributed by atoms with Crippen LogP contribution < -0.4 is 0 Å². The summed E-state index contributed by atoms with van der Waals surface area (Å²) in [5, 5.41) is 0. The van der Waals surface area contributed by atoms with E-state index in [-0.39, 0.29) is 0 Å². The molecule has 0 aliphatic heterocycles. The van der Waals surface area contributed by atoms with E-state index in [1.807, 2.05) is 24.3 Å². The highest BCUT2D eigenvalue weighted by atomic mass is 32.1. The van der Waals surface area contributed by atoms with Crippen LogP contribution in [0.3, 0.4) is 0 Å². The van der Waals surface area contributed by atoms with Gasteiger partial charge in [-0.1, -0.05) is 12.1 Å². The second-order valence-corrected chi connectivity index (χ2v) is 3.43. The summed E-state index contributed by atoms with van der Waals surface area (Å²) in [5.41, 5.74) is 1.91. The Balaban J connectivity index is 2.40. The van der Waals surface area contributed by atoms with Gasteiger partial charge in [0.25, 0.3) is 0 Å². The summed E-state index contributed by atoms with van der Waals surface area (Å²) in [7, 11) is 0. The van der Waals surface area contributed by atoms with E-state index in [4.69, 9.17) is 0 Å². The van der Waals surface area contributed by atoms with E-state index in [1.54, 1.807) is 6.07 Å². The van der Waals surface area contributed by atoms with Crippen molar-refractivity contribution < 1.29 is 4.39 Å². The number of thiol groups is 1. The van der Waals surface area contributed by atoms with E-state index >= 15 is 0 Å². The first-order chi connectivity index (χ1) is 6.75. The van der Waals surface area contributed by atoms with E-state index in [1.165, 1.54) is 12.3 Å². The zero-order valence-electron chi connectivity index (χ0n) is 7.31. The molecular weight excluding hydrogens is 197 g/mol. The van der Waals surface area contributed by atoms with Crippen LogP contribution in [-0.2, 0) is 0 Å². The number of hydrogen-bond donors (Lipinski definition) is 1. The highest BCUT2D eigenvalue weighted by molar-refractivity contribution is 7.80. The Kier molecular flexibility index (Phi) is 2.50. The fourth-order valence-electron chi connectivity index (χ4n) is 1.20. The lowest BCUT2D eigenvalue weighted by molar-refractivity contribution is 0.584. The first-order valence-corrected chi connectivity index (χ1v) is 4.61. The van der Waals surface area contributed by atoms with Crippen LogP contribution in [0, 0.1) is 5.95 Å². The van der Waals surface area contributed by atoms with E-state index in [2.05, 4.69) is 17.6 Å². The van der Waals surface area contributed by atoms with Crippen molar-refractivity contribution in [3.63, 3.8) is 0 Å². The van der Waals surface area contributed by atoms with Crippen LogP contribution in [0.15, 0.2) is 47.5 Å². The zero-order valence-corrected chi connectivity index (χ0v) is 8.21. The number of hydrogen-bond acceptors (Lipinski definition) is 2. The third-order valence-electron chi connectivity index (χ3n) is 1.93. The maximum Gasteiger partial charge on any atom is 0.212 e. The van der Waals surface area contributed by atoms with Crippen molar-refractivity contribution in [3.05, 3.63) is 48.5 Å². The predicted octanol–water partition coefficient (Wildman–Crippen LogP) is 3.18. The fraction of sp³-hybridized carbons (Fsp3) is 0. The van der Waals surface area contributed by atoms with Crippen molar-refractivity contribution in [1.82, 2.24) is 4.98 Å².